The maximum Gasteiger partial charge on any atom is 0.246 e. The highest BCUT2D eigenvalue weighted by Gasteiger charge is 2.12. The molecule has 0 spiro atoms. The Bertz CT molecular complexity index is 1050. The molecule has 0 aliphatic carbocycles. The number of aromatic nitrogens is 2. The van der Waals surface area contributed by atoms with Crippen LogP contribution in [0.2, 0.25) is 5.02 Å². The zero-order valence-corrected chi connectivity index (χ0v) is 18.9. The average Bonchev–Trinajstić information content (AvgIpc) is 3.09. The highest BCUT2D eigenvalue weighted by Crippen LogP contribution is 2.23. The Hall–Kier alpha value is -3.25. The van der Waals surface area contributed by atoms with Crippen molar-refractivity contribution in [2.45, 2.75) is 20.1 Å². The molecule has 0 saturated carbocycles. The quantitative estimate of drug-likeness (QED) is 0.480. The lowest BCUT2D eigenvalue weighted by atomic mass is 10.1. The summed E-state index contributed by atoms with van der Waals surface area (Å²) in [6.07, 6.45) is 4.89. The first-order chi connectivity index (χ1) is 14.9. The molecule has 3 rings (SSSR count). The maximum absolute atomic E-state index is 12.5. The Morgan fingerprint density at radius 2 is 1.97 bits per heavy atom. The van der Waals surface area contributed by atoms with Gasteiger partial charge in [0.25, 0.3) is 0 Å². The van der Waals surface area contributed by atoms with Gasteiger partial charge in [0, 0.05) is 25.7 Å². The number of ether oxygens (including phenoxy) is 2. The fourth-order valence-corrected chi connectivity index (χ4v) is 3.25. The Morgan fingerprint density at radius 1 is 1.23 bits per heavy atom. The van der Waals surface area contributed by atoms with Crippen LogP contribution in [0.15, 0.2) is 54.7 Å². The van der Waals surface area contributed by atoms with Crippen molar-refractivity contribution >= 4 is 23.6 Å². The molecule has 0 aliphatic heterocycles. The van der Waals surface area contributed by atoms with Crippen LogP contribution in [0.3, 0.4) is 0 Å². The summed E-state index contributed by atoms with van der Waals surface area (Å²) in [5.41, 5.74) is 3.74. The Labute approximate surface area is 187 Å². The lowest BCUT2D eigenvalue weighted by Crippen LogP contribution is -2.25. The van der Waals surface area contributed by atoms with E-state index >= 15 is 0 Å². The molecule has 3 aromatic rings. The number of rotatable bonds is 8. The second-order valence-corrected chi connectivity index (χ2v) is 7.67. The zero-order chi connectivity index (χ0) is 22.4. The van der Waals surface area contributed by atoms with E-state index in [9.17, 15) is 4.79 Å². The lowest BCUT2D eigenvalue weighted by Gasteiger charge is -2.15. The number of hydrogen-bond acceptors (Lipinski definition) is 4. The minimum atomic E-state index is -0.134. The molecule has 0 N–H and O–H groups in total. The van der Waals surface area contributed by atoms with Crippen LogP contribution in [-0.4, -0.2) is 34.7 Å². The number of nitrogens with zero attached hydrogens (tertiary/aromatic N) is 3. The van der Waals surface area contributed by atoms with Gasteiger partial charge in [-0.1, -0.05) is 35.4 Å². The topological polar surface area (TPSA) is 56.6 Å². The summed E-state index contributed by atoms with van der Waals surface area (Å²) in [5, 5.41) is 4.64. The van der Waals surface area contributed by atoms with Gasteiger partial charge < -0.3 is 14.4 Å². The summed E-state index contributed by atoms with van der Waals surface area (Å²) in [6, 6.07) is 13.6. The van der Waals surface area contributed by atoms with E-state index in [2.05, 4.69) is 5.10 Å². The van der Waals surface area contributed by atoms with E-state index in [-0.39, 0.29) is 5.91 Å². The highest BCUT2D eigenvalue weighted by molar-refractivity contribution is 6.31. The summed E-state index contributed by atoms with van der Waals surface area (Å²) in [7, 11) is 5.15. The minimum absolute atomic E-state index is 0.134. The number of aryl methyl sites for hydroxylation is 2. The van der Waals surface area contributed by atoms with Crippen LogP contribution in [-0.2, 0) is 25.0 Å². The van der Waals surface area contributed by atoms with Crippen LogP contribution in [0.4, 0.5) is 0 Å². The van der Waals surface area contributed by atoms with Crippen LogP contribution >= 0.6 is 11.6 Å². The van der Waals surface area contributed by atoms with Crippen molar-refractivity contribution in [2.75, 3.05) is 14.2 Å². The van der Waals surface area contributed by atoms with E-state index in [0.717, 1.165) is 28.3 Å². The Morgan fingerprint density at radius 3 is 2.61 bits per heavy atom. The number of carbonyl (C=O) groups is 1. The first kappa shape index (κ1) is 22.4. The number of hydrogen-bond donors (Lipinski definition) is 0. The van der Waals surface area contributed by atoms with Gasteiger partial charge in [0.1, 0.15) is 18.1 Å². The molecule has 0 atom stereocenters. The van der Waals surface area contributed by atoms with Gasteiger partial charge in [0.2, 0.25) is 5.91 Å². The van der Waals surface area contributed by atoms with Crippen molar-refractivity contribution in [3.63, 3.8) is 0 Å². The van der Waals surface area contributed by atoms with Crippen LogP contribution in [0, 0.1) is 6.92 Å². The normalized spacial score (nSPS) is 11.0. The number of carbonyl (C=O) groups excluding carboxylic acids is 1. The van der Waals surface area contributed by atoms with Gasteiger partial charge in [-0.05, 0) is 42.8 Å². The SMILES string of the molecule is COc1ccc(/C=C/C(=O)N(C)Cc2c(Cl)cnn2C)cc1COc1ccc(C)cc1. The van der Waals surface area contributed by atoms with Gasteiger partial charge in [-0.25, -0.2) is 0 Å². The van der Waals surface area contributed by atoms with Crippen molar-refractivity contribution < 1.29 is 14.3 Å². The fraction of sp³-hybridized carbons (Fsp3) is 0.250. The van der Waals surface area contributed by atoms with Crippen LogP contribution in [0.25, 0.3) is 6.08 Å². The lowest BCUT2D eigenvalue weighted by molar-refractivity contribution is -0.125. The molecule has 0 fully saturated rings. The second kappa shape index (κ2) is 10.2. The van der Waals surface area contributed by atoms with Crippen LogP contribution < -0.4 is 9.47 Å². The van der Waals surface area contributed by atoms with Gasteiger partial charge in [-0.3, -0.25) is 9.48 Å². The van der Waals surface area contributed by atoms with Crippen molar-refractivity contribution in [3.05, 3.63) is 82.1 Å². The van der Waals surface area contributed by atoms with Crippen molar-refractivity contribution in [1.29, 1.82) is 0 Å². The maximum atomic E-state index is 12.5. The van der Waals surface area contributed by atoms with E-state index in [1.54, 1.807) is 43.1 Å². The van der Waals surface area contributed by atoms with Crippen molar-refractivity contribution in [2.24, 2.45) is 7.05 Å². The summed E-state index contributed by atoms with van der Waals surface area (Å²) in [5.74, 6) is 1.39. The van der Waals surface area contributed by atoms with E-state index in [1.807, 2.05) is 49.4 Å². The Kier molecular flexibility index (Phi) is 7.36. The predicted octanol–water partition coefficient (Wildman–Crippen LogP) is 4.64. The third-order valence-electron chi connectivity index (χ3n) is 4.91. The fourth-order valence-electron chi connectivity index (χ4n) is 3.02. The summed E-state index contributed by atoms with van der Waals surface area (Å²) in [4.78, 5) is 14.1. The smallest absolute Gasteiger partial charge is 0.246 e. The van der Waals surface area contributed by atoms with Crippen molar-refractivity contribution in [3.8, 4) is 11.5 Å². The number of amides is 1. The first-order valence-corrected chi connectivity index (χ1v) is 10.2. The molecule has 1 aromatic heterocycles. The van der Waals surface area contributed by atoms with Gasteiger partial charge in [0.15, 0.2) is 0 Å². The molecule has 1 amide bonds. The van der Waals surface area contributed by atoms with E-state index in [4.69, 9.17) is 21.1 Å². The van der Waals surface area contributed by atoms with Crippen molar-refractivity contribution in [1.82, 2.24) is 14.7 Å². The van der Waals surface area contributed by atoms with Gasteiger partial charge >= 0.3 is 0 Å². The highest BCUT2D eigenvalue weighted by atomic mass is 35.5. The van der Waals surface area contributed by atoms with E-state index in [1.165, 1.54) is 11.6 Å². The molecule has 6 nitrogen and oxygen atoms in total. The number of halogens is 1. The molecule has 0 radical (unpaired) electrons. The van der Waals surface area contributed by atoms with Gasteiger partial charge in [0.05, 0.1) is 30.6 Å². The minimum Gasteiger partial charge on any atom is -0.496 e. The summed E-state index contributed by atoms with van der Waals surface area (Å²) >= 11 is 6.13. The molecule has 0 unspecified atom stereocenters. The molecule has 31 heavy (non-hydrogen) atoms. The zero-order valence-electron chi connectivity index (χ0n) is 18.1. The molecule has 7 heteroatoms. The molecule has 0 bridgehead atoms. The van der Waals surface area contributed by atoms with Crippen LogP contribution in [0.1, 0.15) is 22.4 Å². The number of likely N-dealkylation sites (N-methyl/N-ethyl adjacent to an activating group) is 1. The second-order valence-electron chi connectivity index (χ2n) is 7.26. The number of benzene rings is 2. The standard InChI is InChI=1S/C24H26ClN3O3/c1-17-5-9-20(10-6-17)31-16-19-13-18(7-11-23(19)30-4)8-12-24(29)27(2)15-22-21(25)14-26-28(22)3/h5-14H,15-16H2,1-4H3/b12-8+. The third-order valence-corrected chi connectivity index (χ3v) is 5.23. The Balaban J connectivity index is 1.67. The largest absolute Gasteiger partial charge is 0.496 e. The average molecular weight is 440 g/mol. The number of methoxy groups -OCH3 is 1. The van der Waals surface area contributed by atoms with Gasteiger partial charge in [-0.15, -0.1) is 0 Å². The predicted molar refractivity (Wildman–Crippen MR) is 122 cm³/mol. The van der Waals surface area contributed by atoms with E-state index in [0.29, 0.717) is 18.2 Å². The monoisotopic (exact) mass is 439 g/mol. The first-order valence-electron chi connectivity index (χ1n) is 9.83. The molecule has 162 valence electrons. The van der Waals surface area contributed by atoms with Gasteiger partial charge in [-0.2, -0.15) is 5.10 Å². The molecular weight excluding hydrogens is 414 g/mol. The summed E-state index contributed by atoms with van der Waals surface area (Å²) in [6.45, 7) is 2.77. The third kappa shape index (κ3) is 5.89. The molecule has 2 aromatic carbocycles. The molecule has 0 saturated heterocycles. The van der Waals surface area contributed by atoms with E-state index < -0.39 is 0 Å². The molecule has 1 heterocycles. The molecular formula is C24H26ClN3O3. The van der Waals surface area contributed by atoms with Crippen LogP contribution in [0.5, 0.6) is 11.5 Å². The molecule has 0 aliphatic rings. The summed E-state index contributed by atoms with van der Waals surface area (Å²) < 4.78 is 13.0.